The van der Waals surface area contributed by atoms with Gasteiger partial charge in [-0.05, 0) is 18.6 Å². The smallest absolute Gasteiger partial charge is 0.253 e. The molecule has 114 valence electrons. The minimum absolute atomic E-state index is 0.0152. The van der Waals surface area contributed by atoms with Crippen LogP contribution in [0.3, 0.4) is 0 Å². The quantitative estimate of drug-likeness (QED) is 0.346. The van der Waals surface area contributed by atoms with Crippen molar-refractivity contribution in [2.75, 3.05) is 24.6 Å². The summed E-state index contributed by atoms with van der Waals surface area (Å²) in [6.07, 6.45) is 0.438. The Balaban J connectivity index is 2.20. The summed E-state index contributed by atoms with van der Waals surface area (Å²) in [6, 6.07) is 6.40. The van der Waals surface area contributed by atoms with Gasteiger partial charge in [0.2, 0.25) is 0 Å². The van der Waals surface area contributed by atoms with E-state index in [1.807, 2.05) is 0 Å². The Hall–Kier alpha value is -2.09. The van der Waals surface area contributed by atoms with Gasteiger partial charge >= 0.3 is 0 Å². The first-order chi connectivity index (χ1) is 9.93. The monoisotopic (exact) mass is 311 g/mol. The largest absolute Gasteiger partial charge is 0.409 e. The van der Waals surface area contributed by atoms with Gasteiger partial charge in [0.1, 0.15) is 0 Å². The molecular weight excluding hydrogens is 294 g/mol. The van der Waals surface area contributed by atoms with Crippen molar-refractivity contribution >= 4 is 21.6 Å². The molecule has 0 unspecified atom stereocenters. The second-order valence-corrected chi connectivity index (χ2v) is 7.17. The first-order valence-corrected chi connectivity index (χ1v) is 8.33. The van der Waals surface area contributed by atoms with Gasteiger partial charge in [-0.2, -0.15) is 0 Å². The summed E-state index contributed by atoms with van der Waals surface area (Å²) < 4.78 is 23.1. The van der Waals surface area contributed by atoms with Crippen molar-refractivity contribution in [1.29, 1.82) is 0 Å². The van der Waals surface area contributed by atoms with Crippen LogP contribution in [0.5, 0.6) is 0 Å². The fourth-order valence-corrected chi connectivity index (χ4v) is 3.47. The first-order valence-electron chi connectivity index (χ1n) is 6.50. The molecule has 21 heavy (non-hydrogen) atoms. The molecule has 1 aromatic rings. The summed E-state index contributed by atoms with van der Waals surface area (Å²) in [5.41, 5.74) is 6.32. The topological polar surface area (TPSA) is 113 Å². The summed E-state index contributed by atoms with van der Waals surface area (Å²) in [7, 11) is -3.06. The average Bonchev–Trinajstić information content (AvgIpc) is 2.66. The van der Waals surface area contributed by atoms with Crippen molar-refractivity contribution in [2.45, 2.75) is 6.42 Å². The van der Waals surface area contributed by atoms with E-state index in [9.17, 15) is 13.2 Å². The molecule has 0 bridgehead atoms. The van der Waals surface area contributed by atoms with Crippen LogP contribution in [0, 0.1) is 0 Å². The zero-order valence-corrected chi connectivity index (χ0v) is 12.2. The zero-order chi connectivity index (χ0) is 15.5. The van der Waals surface area contributed by atoms with E-state index in [1.54, 1.807) is 18.2 Å². The van der Waals surface area contributed by atoms with Gasteiger partial charge in [-0.3, -0.25) is 4.79 Å². The van der Waals surface area contributed by atoms with Crippen LogP contribution in [0.4, 0.5) is 0 Å². The van der Waals surface area contributed by atoms with Gasteiger partial charge in [0, 0.05) is 24.2 Å². The molecule has 0 radical (unpaired) electrons. The fourth-order valence-electron chi connectivity index (χ4n) is 2.19. The van der Waals surface area contributed by atoms with Crippen LogP contribution < -0.4 is 5.73 Å². The van der Waals surface area contributed by atoms with Gasteiger partial charge in [0.05, 0.1) is 11.5 Å². The second-order valence-electron chi connectivity index (χ2n) is 4.86. The number of amides is 1. The van der Waals surface area contributed by atoms with E-state index in [0.717, 1.165) is 0 Å². The molecule has 0 aliphatic carbocycles. The van der Waals surface area contributed by atoms with Crippen LogP contribution in [-0.4, -0.2) is 54.9 Å². The van der Waals surface area contributed by atoms with Gasteiger partial charge in [-0.15, -0.1) is 0 Å². The lowest BCUT2D eigenvalue weighted by Gasteiger charge is -2.20. The Kier molecular flexibility index (Phi) is 4.46. The first kappa shape index (κ1) is 15.3. The van der Waals surface area contributed by atoms with E-state index in [0.29, 0.717) is 24.1 Å². The SMILES string of the molecule is N/C(=N/O)c1cccc(C(=O)N2CCCS(=O)(=O)CC2)c1. The summed E-state index contributed by atoms with van der Waals surface area (Å²) >= 11 is 0. The minimum Gasteiger partial charge on any atom is -0.409 e. The zero-order valence-electron chi connectivity index (χ0n) is 11.4. The molecule has 2 rings (SSSR count). The van der Waals surface area contributed by atoms with Crippen molar-refractivity contribution in [3.05, 3.63) is 35.4 Å². The van der Waals surface area contributed by atoms with Crippen LogP contribution in [0.25, 0.3) is 0 Å². The lowest BCUT2D eigenvalue weighted by atomic mass is 10.1. The Labute approximate surface area is 123 Å². The molecular formula is C13H17N3O4S. The Morgan fingerprint density at radius 2 is 1.95 bits per heavy atom. The third-order valence-corrected chi connectivity index (χ3v) is 5.07. The number of hydrogen-bond acceptors (Lipinski definition) is 5. The molecule has 0 aromatic heterocycles. The standard InChI is InChI=1S/C13H17N3O4S/c14-12(15-18)10-3-1-4-11(9-10)13(17)16-5-2-7-21(19,20)8-6-16/h1,3-4,9,18H,2,5-8H2,(H2,14,15). The molecule has 1 aliphatic rings. The number of amidine groups is 1. The molecule has 3 N–H and O–H groups in total. The lowest BCUT2D eigenvalue weighted by Crippen LogP contribution is -2.33. The maximum absolute atomic E-state index is 12.4. The highest BCUT2D eigenvalue weighted by Gasteiger charge is 2.23. The normalized spacial score (nSPS) is 19.0. The molecule has 7 nitrogen and oxygen atoms in total. The minimum atomic E-state index is -3.06. The molecule has 0 saturated carbocycles. The number of carbonyl (C=O) groups excluding carboxylic acids is 1. The molecule has 1 fully saturated rings. The van der Waals surface area contributed by atoms with E-state index in [4.69, 9.17) is 10.9 Å². The predicted octanol–water partition coefficient (Wildman–Crippen LogP) is 0.0418. The third-order valence-electron chi connectivity index (χ3n) is 3.36. The summed E-state index contributed by atoms with van der Waals surface area (Å²) in [4.78, 5) is 13.9. The van der Waals surface area contributed by atoms with E-state index in [1.165, 1.54) is 11.0 Å². The molecule has 1 amide bonds. The summed E-state index contributed by atoms with van der Waals surface area (Å²) in [5, 5.41) is 11.6. The predicted molar refractivity (Wildman–Crippen MR) is 78.1 cm³/mol. The highest BCUT2D eigenvalue weighted by Crippen LogP contribution is 2.12. The number of benzene rings is 1. The fraction of sp³-hybridized carbons (Fsp3) is 0.385. The molecule has 1 aromatic carbocycles. The number of rotatable bonds is 2. The second kappa shape index (κ2) is 6.13. The van der Waals surface area contributed by atoms with Crippen molar-refractivity contribution in [1.82, 2.24) is 4.90 Å². The van der Waals surface area contributed by atoms with Gasteiger partial charge in [0.15, 0.2) is 15.7 Å². The van der Waals surface area contributed by atoms with Crippen LogP contribution in [0.15, 0.2) is 29.4 Å². The number of nitrogens with zero attached hydrogens (tertiary/aromatic N) is 2. The number of oxime groups is 1. The highest BCUT2D eigenvalue weighted by molar-refractivity contribution is 7.91. The van der Waals surface area contributed by atoms with Gasteiger partial charge < -0.3 is 15.8 Å². The van der Waals surface area contributed by atoms with Crippen LogP contribution in [0.1, 0.15) is 22.3 Å². The van der Waals surface area contributed by atoms with Gasteiger partial charge in [-0.25, -0.2) is 8.42 Å². The lowest BCUT2D eigenvalue weighted by molar-refractivity contribution is 0.0768. The molecule has 1 heterocycles. The molecule has 1 saturated heterocycles. The van der Waals surface area contributed by atoms with E-state index < -0.39 is 9.84 Å². The number of nitrogens with two attached hydrogens (primary N) is 1. The molecule has 1 aliphatic heterocycles. The average molecular weight is 311 g/mol. The van der Waals surface area contributed by atoms with E-state index in [-0.39, 0.29) is 29.8 Å². The van der Waals surface area contributed by atoms with Crippen molar-refractivity contribution in [3.8, 4) is 0 Å². The van der Waals surface area contributed by atoms with E-state index in [2.05, 4.69) is 5.16 Å². The van der Waals surface area contributed by atoms with Crippen molar-refractivity contribution in [2.24, 2.45) is 10.9 Å². The number of hydrogen-bond donors (Lipinski definition) is 2. The van der Waals surface area contributed by atoms with Crippen LogP contribution in [0.2, 0.25) is 0 Å². The number of sulfone groups is 1. The molecule has 0 spiro atoms. The van der Waals surface area contributed by atoms with Gasteiger partial charge in [0.25, 0.3) is 5.91 Å². The summed E-state index contributed by atoms with van der Waals surface area (Å²) in [6.45, 7) is 0.598. The maximum Gasteiger partial charge on any atom is 0.253 e. The molecule has 8 heteroatoms. The third kappa shape index (κ3) is 3.72. The highest BCUT2D eigenvalue weighted by atomic mass is 32.2. The summed E-state index contributed by atoms with van der Waals surface area (Å²) in [5.74, 6) is -0.234. The van der Waals surface area contributed by atoms with Crippen molar-refractivity contribution in [3.63, 3.8) is 0 Å². The number of carbonyl (C=O) groups is 1. The van der Waals surface area contributed by atoms with Crippen molar-refractivity contribution < 1.29 is 18.4 Å². The van der Waals surface area contributed by atoms with E-state index >= 15 is 0 Å². The van der Waals surface area contributed by atoms with Crippen LogP contribution >= 0.6 is 0 Å². The Morgan fingerprint density at radius 3 is 2.67 bits per heavy atom. The molecule has 0 atom stereocenters. The Morgan fingerprint density at radius 1 is 1.24 bits per heavy atom. The van der Waals surface area contributed by atoms with Crippen LogP contribution in [-0.2, 0) is 9.84 Å². The van der Waals surface area contributed by atoms with Gasteiger partial charge in [-0.1, -0.05) is 17.3 Å². The Bertz CT molecular complexity index is 670. The maximum atomic E-state index is 12.4.